The van der Waals surface area contributed by atoms with E-state index in [9.17, 15) is 0 Å². The molecule has 1 aliphatic heterocycles. The van der Waals surface area contributed by atoms with Gasteiger partial charge in [-0.15, -0.1) is 10.2 Å². The molecule has 0 amide bonds. The zero-order chi connectivity index (χ0) is 13.8. The van der Waals surface area contributed by atoms with Crippen molar-refractivity contribution in [2.75, 3.05) is 26.8 Å². The number of aromatic nitrogens is 2. The number of hydrogen-bond donors (Lipinski definition) is 1. The maximum atomic E-state index is 5.60. The molecule has 0 spiro atoms. The molecule has 3 rings (SSSR count). The maximum Gasteiger partial charge on any atom is 0.162 e. The molecule has 0 saturated carbocycles. The first-order valence-electron chi connectivity index (χ1n) is 6.74. The highest BCUT2D eigenvalue weighted by Crippen LogP contribution is 2.35. The molecule has 0 fully saturated rings. The van der Waals surface area contributed by atoms with Gasteiger partial charge >= 0.3 is 0 Å². The van der Waals surface area contributed by atoms with Crippen molar-refractivity contribution >= 4 is 11.3 Å². The van der Waals surface area contributed by atoms with Crippen LogP contribution in [0.5, 0.6) is 11.5 Å². The van der Waals surface area contributed by atoms with E-state index < -0.39 is 0 Å². The van der Waals surface area contributed by atoms with E-state index in [-0.39, 0.29) is 0 Å². The molecule has 1 aromatic carbocycles. The lowest BCUT2D eigenvalue weighted by Crippen LogP contribution is -2.15. The number of ether oxygens (including phenoxy) is 2. The van der Waals surface area contributed by atoms with Crippen LogP contribution in [0.2, 0.25) is 0 Å². The van der Waals surface area contributed by atoms with Crippen LogP contribution < -0.4 is 14.8 Å². The quantitative estimate of drug-likeness (QED) is 0.855. The van der Waals surface area contributed by atoms with Crippen LogP contribution in [0.25, 0.3) is 10.6 Å². The second kappa shape index (κ2) is 6.19. The number of hydrogen-bond acceptors (Lipinski definition) is 6. The molecule has 0 saturated heterocycles. The molecule has 2 aromatic rings. The zero-order valence-corrected chi connectivity index (χ0v) is 12.2. The lowest BCUT2D eigenvalue weighted by atomic mass is 10.2. The Hall–Kier alpha value is -1.66. The van der Waals surface area contributed by atoms with Gasteiger partial charge in [-0.3, -0.25) is 0 Å². The molecule has 2 heterocycles. The highest BCUT2D eigenvalue weighted by Gasteiger charge is 2.14. The summed E-state index contributed by atoms with van der Waals surface area (Å²) in [5, 5.41) is 13.7. The van der Waals surface area contributed by atoms with Gasteiger partial charge in [0, 0.05) is 12.0 Å². The van der Waals surface area contributed by atoms with E-state index >= 15 is 0 Å². The highest BCUT2D eigenvalue weighted by atomic mass is 32.1. The Kier molecular flexibility index (Phi) is 4.13. The predicted octanol–water partition coefficient (Wildman–Crippen LogP) is 2.13. The SMILES string of the molecule is CNCCCc1nnc(-c2ccc3c(c2)OCCO3)s1. The Bertz CT molecular complexity index is 586. The molecule has 1 aliphatic rings. The number of nitrogens with one attached hydrogen (secondary N) is 1. The Morgan fingerprint density at radius 2 is 2.05 bits per heavy atom. The summed E-state index contributed by atoms with van der Waals surface area (Å²) < 4.78 is 11.1. The van der Waals surface area contributed by atoms with Crippen molar-refractivity contribution in [3.63, 3.8) is 0 Å². The third-order valence-corrected chi connectivity index (χ3v) is 4.11. The summed E-state index contributed by atoms with van der Waals surface area (Å²) in [6.45, 7) is 2.21. The van der Waals surface area contributed by atoms with Crippen LogP contribution in [0, 0.1) is 0 Å². The third kappa shape index (κ3) is 2.91. The van der Waals surface area contributed by atoms with Crippen molar-refractivity contribution in [2.24, 2.45) is 0 Å². The monoisotopic (exact) mass is 291 g/mol. The van der Waals surface area contributed by atoms with E-state index in [2.05, 4.69) is 15.5 Å². The molecular weight excluding hydrogens is 274 g/mol. The first kappa shape index (κ1) is 13.3. The average molecular weight is 291 g/mol. The first-order valence-corrected chi connectivity index (χ1v) is 7.55. The van der Waals surface area contributed by atoms with E-state index in [4.69, 9.17) is 9.47 Å². The maximum absolute atomic E-state index is 5.60. The van der Waals surface area contributed by atoms with E-state index in [0.29, 0.717) is 13.2 Å². The Morgan fingerprint density at radius 3 is 2.90 bits per heavy atom. The van der Waals surface area contributed by atoms with Gasteiger partial charge in [-0.1, -0.05) is 11.3 Å². The number of fused-ring (bicyclic) bond motifs is 1. The van der Waals surface area contributed by atoms with Crippen LogP contribution >= 0.6 is 11.3 Å². The van der Waals surface area contributed by atoms with Gasteiger partial charge in [-0.2, -0.15) is 0 Å². The Balaban J connectivity index is 1.75. The Morgan fingerprint density at radius 1 is 1.20 bits per heavy atom. The van der Waals surface area contributed by atoms with Gasteiger partial charge in [0.2, 0.25) is 0 Å². The van der Waals surface area contributed by atoms with Gasteiger partial charge in [0.15, 0.2) is 11.5 Å². The van der Waals surface area contributed by atoms with Gasteiger partial charge < -0.3 is 14.8 Å². The van der Waals surface area contributed by atoms with Crippen LogP contribution in [0.4, 0.5) is 0 Å². The van der Waals surface area contributed by atoms with E-state index in [1.165, 1.54) is 0 Å². The second-order valence-corrected chi connectivity index (χ2v) is 5.63. The summed E-state index contributed by atoms with van der Waals surface area (Å²) in [5.74, 6) is 1.60. The zero-order valence-electron chi connectivity index (χ0n) is 11.4. The second-order valence-electron chi connectivity index (χ2n) is 4.57. The standard InChI is InChI=1S/C14H17N3O2S/c1-15-6-2-3-13-16-17-14(20-13)10-4-5-11-12(9-10)19-8-7-18-11/h4-5,9,15H,2-3,6-8H2,1H3. The average Bonchev–Trinajstić information content (AvgIpc) is 2.96. The lowest BCUT2D eigenvalue weighted by Gasteiger charge is -2.18. The van der Waals surface area contributed by atoms with Crippen molar-refractivity contribution in [3.8, 4) is 22.1 Å². The molecule has 6 heteroatoms. The number of benzene rings is 1. The largest absolute Gasteiger partial charge is 0.486 e. The van der Waals surface area contributed by atoms with E-state index in [1.54, 1.807) is 11.3 Å². The highest BCUT2D eigenvalue weighted by molar-refractivity contribution is 7.14. The number of rotatable bonds is 5. The third-order valence-electron chi connectivity index (χ3n) is 3.07. The molecule has 1 N–H and O–H groups in total. The van der Waals surface area contributed by atoms with E-state index in [1.807, 2.05) is 25.2 Å². The summed E-state index contributed by atoms with van der Waals surface area (Å²) in [4.78, 5) is 0. The molecule has 0 aliphatic carbocycles. The van der Waals surface area contributed by atoms with Crippen LogP contribution in [0.3, 0.4) is 0 Å². The van der Waals surface area contributed by atoms with Crippen LogP contribution in [0.1, 0.15) is 11.4 Å². The van der Waals surface area contributed by atoms with E-state index in [0.717, 1.165) is 46.5 Å². The van der Waals surface area contributed by atoms with Gasteiger partial charge in [0.1, 0.15) is 23.2 Å². The van der Waals surface area contributed by atoms with Crippen molar-refractivity contribution in [1.82, 2.24) is 15.5 Å². The molecule has 106 valence electrons. The van der Waals surface area contributed by atoms with Gasteiger partial charge in [0.25, 0.3) is 0 Å². The van der Waals surface area contributed by atoms with Gasteiger partial charge in [-0.25, -0.2) is 0 Å². The van der Waals surface area contributed by atoms with Crippen LogP contribution in [0.15, 0.2) is 18.2 Å². The summed E-state index contributed by atoms with van der Waals surface area (Å²) in [7, 11) is 1.96. The number of nitrogens with zero attached hydrogens (tertiary/aromatic N) is 2. The fraction of sp³-hybridized carbons (Fsp3) is 0.429. The van der Waals surface area contributed by atoms with Crippen LogP contribution in [-0.2, 0) is 6.42 Å². The lowest BCUT2D eigenvalue weighted by molar-refractivity contribution is 0.171. The van der Waals surface area contributed by atoms with Crippen molar-refractivity contribution in [3.05, 3.63) is 23.2 Å². The van der Waals surface area contributed by atoms with Crippen molar-refractivity contribution in [2.45, 2.75) is 12.8 Å². The molecule has 20 heavy (non-hydrogen) atoms. The van der Waals surface area contributed by atoms with Crippen LogP contribution in [-0.4, -0.2) is 37.0 Å². The minimum absolute atomic E-state index is 0.599. The normalized spacial score (nSPS) is 13.4. The first-order chi connectivity index (χ1) is 9.86. The summed E-state index contributed by atoms with van der Waals surface area (Å²) in [6, 6.07) is 5.92. The predicted molar refractivity (Wildman–Crippen MR) is 78.6 cm³/mol. The smallest absolute Gasteiger partial charge is 0.162 e. The molecule has 1 aromatic heterocycles. The van der Waals surface area contributed by atoms with Gasteiger partial charge in [-0.05, 0) is 38.2 Å². The molecule has 0 unspecified atom stereocenters. The topological polar surface area (TPSA) is 56.3 Å². The molecule has 5 nitrogen and oxygen atoms in total. The molecule has 0 radical (unpaired) electrons. The summed E-state index contributed by atoms with van der Waals surface area (Å²) >= 11 is 1.64. The van der Waals surface area contributed by atoms with Gasteiger partial charge in [0.05, 0.1) is 0 Å². The molecule has 0 bridgehead atoms. The number of aryl methyl sites for hydroxylation is 1. The summed E-state index contributed by atoms with van der Waals surface area (Å²) in [5.41, 5.74) is 1.03. The minimum Gasteiger partial charge on any atom is -0.486 e. The molecular formula is C14H17N3O2S. The Labute approximate surface area is 121 Å². The molecule has 0 atom stereocenters. The fourth-order valence-corrected chi connectivity index (χ4v) is 2.94. The fourth-order valence-electron chi connectivity index (χ4n) is 2.06. The minimum atomic E-state index is 0.599. The van der Waals surface area contributed by atoms with Crippen molar-refractivity contribution < 1.29 is 9.47 Å². The van der Waals surface area contributed by atoms with Crippen molar-refractivity contribution in [1.29, 1.82) is 0 Å². The summed E-state index contributed by atoms with van der Waals surface area (Å²) in [6.07, 6.45) is 2.04.